The number of hydrogen-bond acceptors (Lipinski definition) is 6. The van der Waals surface area contributed by atoms with Crippen molar-refractivity contribution < 1.29 is 13.6 Å². The summed E-state index contributed by atoms with van der Waals surface area (Å²) in [6, 6.07) is 0.314. The Kier molecular flexibility index (Phi) is 5.24. The number of anilines is 1. The molecule has 8 heteroatoms. The van der Waals surface area contributed by atoms with Crippen molar-refractivity contribution in [3.63, 3.8) is 0 Å². The molecule has 2 rings (SSSR count). The first kappa shape index (κ1) is 15.8. The number of carbonyl (C=O) groups is 1. The summed E-state index contributed by atoms with van der Waals surface area (Å²) in [4.78, 5) is 21.8. The quantitative estimate of drug-likeness (QED) is 0.775. The normalized spacial score (nSPS) is 16.9. The number of primary amides is 1. The molecule has 7 nitrogen and oxygen atoms in total. The van der Waals surface area contributed by atoms with Crippen LogP contribution in [0.5, 0.6) is 0 Å². The highest BCUT2D eigenvalue weighted by Gasteiger charge is 2.26. The van der Waals surface area contributed by atoms with E-state index >= 15 is 0 Å². The summed E-state index contributed by atoms with van der Waals surface area (Å²) in [5.41, 5.74) is 5.63. The van der Waals surface area contributed by atoms with Crippen LogP contribution in [0.2, 0.25) is 0 Å². The lowest BCUT2D eigenvalue weighted by Gasteiger charge is -2.30. The van der Waals surface area contributed by atoms with Crippen molar-refractivity contribution in [3.05, 3.63) is 17.6 Å². The predicted octanol–water partition coefficient (Wildman–Crippen LogP) is 0.723. The lowest BCUT2D eigenvalue weighted by atomic mass is 10.1. The Labute approximate surface area is 126 Å². The van der Waals surface area contributed by atoms with Crippen molar-refractivity contribution in [1.29, 1.82) is 0 Å². The standard InChI is InChI=1S/C13H20N4O3S/c1-2-17(9-5-3-4-6-9)13-10(12(14)18)7-15-11(16-13)8-21(19)20/h7,9H,2-6,8H2,1H3,(H2,14,18)(H,19,20)/p-1. The Hall–Kier alpha value is -1.54. The molecule has 0 radical (unpaired) electrons. The van der Waals surface area contributed by atoms with Crippen LogP contribution in [0.25, 0.3) is 0 Å². The number of aromatic nitrogens is 2. The highest BCUT2D eigenvalue weighted by molar-refractivity contribution is 7.78. The summed E-state index contributed by atoms with van der Waals surface area (Å²) in [6.45, 7) is 2.67. The Bertz CT molecular complexity index is 546. The monoisotopic (exact) mass is 311 g/mol. The van der Waals surface area contributed by atoms with Gasteiger partial charge in [0.15, 0.2) is 0 Å². The smallest absolute Gasteiger partial charge is 0.254 e. The minimum Gasteiger partial charge on any atom is -0.772 e. The first-order chi connectivity index (χ1) is 10.0. The van der Waals surface area contributed by atoms with Gasteiger partial charge in [-0.3, -0.25) is 9.00 Å². The number of carbonyl (C=O) groups excluding carboxylic acids is 1. The molecule has 1 fully saturated rings. The van der Waals surface area contributed by atoms with Crippen LogP contribution < -0.4 is 10.6 Å². The number of nitrogens with two attached hydrogens (primary N) is 1. The Morgan fingerprint density at radius 3 is 2.71 bits per heavy atom. The Morgan fingerprint density at radius 1 is 1.52 bits per heavy atom. The van der Waals surface area contributed by atoms with Gasteiger partial charge in [0.2, 0.25) is 0 Å². The average Bonchev–Trinajstić information content (AvgIpc) is 2.92. The number of nitrogens with zero attached hydrogens (tertiary/aromatic N) is 3. The summed E-state index contributed by atoms with van der Waals surface area (Å²) in [7, 11) is 0. The van der Waals surface area contributed by atoms with E-state index in [-0.39, 0.29) is 17.1 Å². The molecule has 2 N–H and O–H groups in total. The molecular weight excluding hydrogens is 292 g/mol. The molecule has 0 aliphatic heterocycles. The van der Waals surface area contributed by atoms with Gasteiger partial charge in [0.25, 0.3) is 5.91 Å². The van der Waals surface area contributed by atoms with Crippen molar-refractivity contribution in [2.75, 3.05) is 11.4 Å². The van der Waals surface area contributed by atoms with E-state index in [1.54, 1.807) is 0 Å². The summed E-state index contributed by atoms with van der Waals surface area (Å²) in [5, 5.41) is 0. The van der Waals surface area contributed by atoms with Crippen LogP contribution in [0.3, 0.4) is 0 Å². The molecule has 1 saturated carbocycles. The van der Waals surface area contributed by atoms with Gasteiger partial charge >= 0.3 is 0 Å². The minimum atomic E-state index is -2.27. The van der Waals surface area contributed by atoms with E-state index in [2.05, 4.69) is 9.97 Å². The highest BCUT2D eigenvalue weighted by atomic mass is 32.2. The van der Waals surface area contributed by atoms with Crippen LogP contribution in [0.4, 0.5) is 5.82 Å². The maximum Gasteiger partial charge on any atom is 0.254 e. The van der Waals surface area contributed by atoms with Gasteiger partial charge in [0.05, 0.1) is 5.75 Å². The molecule has 1 heterocycles. The predicted molar refractivity (Wildman–Crippen MR) is 78.4 cm³/mol. The third kappa shape index (κ3) is 3.76. The van der Waals surface area contributed by atoms with Crippen molar-refractivity contribution in [3.8, 4) is 0 Å². The van der Waals surface area contributed by atoms with Crippen LogP contribution in [0.15, 0.2) is 6.20 Å². The van der Waals surface area contributed by atoms with E-state index in [0.29, 0.717) is 18.4 Å². The second-order valence-electron chi connectivity index (χ2n) is 5.06. The summed E-state index contributed by atoms with van der Waals surface area (Å²) in [5.74, 6) is -0.239. The maximum atomic E-state index is 11.6. The van der Waals surface area contributed by atoms with Gasteiger partial charge < -0.3 is 15.2 Å². The van der Waals surface area contributed by atoms with Crippen molar-refractivity contribution in [2.24, 2.45) is 5.73 Å². The van der Waals surface area contributed by atoms with Gasteiger partial charge in [-0.15, -0.1) is 0 Å². The molecule has 1 aromatic heterocycles. The van der Waals surface area contributed by atoms with Crippen LogP contribution in [0.1, 0.15) is 48.8 Å². The van der Waals surface area contributed by atoms with Gasteiger partial charge in [-0.2, -0.15) is 0 Å². The van der Waals surface area contributed by atoms with E-state index in [9.17, 15) is 13.6 Å². The Morgan fingerprint density at radius 2 is 2.19 bits per heavy atom. The molecule has 0 aromatic carbocycles. The number of hydrogen-bond donors (Lipinski definition) is 1. The molecule has 1 atom stereocenters. The van der Waals surface area contributed by atoms with Crippen molar-refractivity contribution in [2.45, 2.75) is 44.4 Å². The molecular formula is C13H19N4O3S-. The second-order valence-corrected chi connectivity index (χ2v) is 5.96. The molecule has 1 aliphatic carbocycles. The summed E-state index contributed by atoms with van der Waals surface area (Å²) in [6.07, 6.45) is 5.70. The summed E-state index contributed by atoms with van der Waals surface area (Å²) < 4.78 is 21.6. The lowest BCUT2D eigenvalue weighted by Crippen LogP contribution is -2.36. The molecule has 1 amide bonds. The molecule has 0 spiro atoms. The summed E-state index contributed by atoms with van der Waals surface area (Å²) >= 11 is -2.27. The van der Waals surface area contributed by atoms with Crippen molar-refractivity contribution in [1.82, 2.24) is 9.97 Å². The molecule has 1 aliphatic rings. The SMILES string of the molecule is CCN(c1nc(CS(=O)[O-])ncc1C(N)=O)C1CCCC1. The second kappa shape index (κ2) is 6.95. The van der Waals surface area contributed by atoms with Gasteiger partial charge in [-0.05, 0) is 30.8 Å². The Balaban J connectivity index is 2.40. The molecule has 21 heavy (non-hydrogen) atoms. The molecule has 0 saturated heterocycles. The fraction of sp³-hybridized carbons (Fsp3) is 0.615. The van der Waals surface area contributed by atoms with Crippen LogP contribution in [-0.2, 0) is 16.8 Å². The van der Waals surface area contributed by atoms with Crippen LogP contribution in [0, 0.1) is 0 Å². The van der Waals surface area contributed by atoms with E-state index < -0.39 is 17.0 Å². The van der Waals surface area contributed by atoms with Crippen LogP contribution >= 0.6 is 0 Å². The average molecular weight is 311 g/mol. The zero-order valence-electron chi connectivity index (χ0n) is 11.9. The van der Waals surface area contributed by atoms with E-state index in [0.717, 1.165) is 25.7 Å². The zero-order valence-corrected chi connectivity index (χ0v) is 12.8. The fourth-order valence-corrected chi connectivity index (χ4v) is 3.12. The number of rotatable bonds is 6. The fourth-order valence-electron chi connectivity index (χ4n) is 2.77. The maximum absolute atomic E-state index is 11.6. The largest absolute Gasteiger partial charge is 0.772 e. The molecule has 1 aromatic rings. The zero-order chi connectivity index (χ0) is 15.4. The van der Waals surface area contributed by atoms with Gasteiger partial charge in [0, 0.05) is 18.8 Å². The first-order valence-corrected chi connectivity index (χ1v) is 8.25. The topological polar surface area (TPSA) is 112 Å². The minimum absolute atomic E-state index is 0.180. The molecule has 1 unspecified atom stereocenters. The third-order valence-corrected chi connectivity index (χ3v) is 4.20. The first-order valence-electron chi connectivity index (χ1n) is 7.01. The van der Waals surface area contributed by atoms with E-state index in [1.807, 2.05) is 11.8 Å². The van der Waals surface area contributed by atoms with E-state index in [1.165, 1.54) is 6.20 Å². The van der Waals surface area contributed by atoms with Crippen molar-refractivity contribution >= 4 is 22.8 Å². The lowest BCUT2D eigenvalue weighted by molar-refractivity contribution is 0.1000. The van der Waals surface area contributed by atoms with Gasteiger partial charge in [-0.1, -0.05) is 12.8 Å². The number of amides is 1. The molecule has 0 bridgehead atoms. The molecule has 116 valence electrons. The third-order valence-electron chi connectivity index (χ3n) is 3.71. The van der Waals surface area contributed by atoms with Crippen LogP contribution in [-0.4, -0.2) is 37.2 Å². The van der Waals surface area contributed by atoms with E-state index in [4.69, 9.17) is 5.73 Å². The highest BCUT2D eigenvalue weighted by Crippen LogP contribution is 2.28. The van der Waals surface area contributed by atoms with Gasteiger partial charge in [0.1, 0.15) is 17.2 Å². The van der Waals surface area contributed by atoms with Gasteiger partial charge in [-0.25, -0.2) is 9.97 Å².